The van der Waals surface area contributed by atoms with Gasteiger partial charge in [-0.1, -0.05) is 45.1 Å². The largest absolute Gasteiger partial charge is 0.393 e. The molecule has 0 spiro atoms. The Hall–Kier alpha value is -0.560. The topological polar surface area (TPSA) is 20.2 Å². The highest BCUT2D eigenvalue weighted by Crippen LogP contribution is 2.68. The summed E-state index contributed by atoms with van der Waals surface area (Å²) in [6, 6.07) is 0. The van der Waals surface area contributed by atoms with Crippen LogP contribution in [0.15, 0.2) is 24.3 Å². The number of hydrogen-bond acceptors (Lipinski definition) is 1. The molecule has 9 atom stereocenters. The zero-order chi connectivity index (χ0) is 21.0. The Balaban J connectivity index is 1.47. The first-order chi connectivity index (χ1) is 13.7. The molecule has 0 saturated heterocycles. The van der Waals surface area contributed by atoms with Gasteiger partial charge in [-0.25, -0.2) is 0 Å². The fraction of sp³-hybridized carbons (Fsp3) is 0.857. The summed E-state index contributed by atoms with van der Waals surface area (Å²) < 4.78 is 0. The molecule has 0 amide bonds. The van der Waals surface area contributed by atoms with Gasteiger partial charge in [0.1, 0.15) is 0 Å². The standard InChI is InChI=1S/C28H46O/c1-18(2)19(3)7-8-20(4)24-11-12-25-23-10-9-21-17-22(29)13-15-27(21,5)26(23)14-16-28(24,25)6/h20-26,29H,1,3,7-17H2,2,4-6H3/t20-,21?,22+,23+,24-,25+,26+,27+,28-/m1/s1. The summed E-state index contributed by atoms with van der Waals surface area (Å²) in [6.45, 7) is 18.2. The van der Waals surface area contributed by atoms with Crippen molar-refractivity contribution in [3.8, 4) is 0 Å². The summed E-state index contributed by atoms with van der Waals surface area (Å²) >= 11 is 0. The summed E-state index contributed by atoms with van der Waals surface area (Å²) in [6.07, 6.45) is 14.4. The minimum atomic E-state index is -0.0239. The van der Waals surface area contributed by atoms with Gasteiger partial charge in [0, 0.05) is 0 Å². The van der Waals surface area contributed by atoms with Crippen molar-refractivity contribution in [2.24, 2.45) is 46.3 Å². The van der Waals surface area contributed by atoms with Crippen LogP contribution < -0.4 is 0 Å². The van der Waals surface area contributed by atoms with E-state index in [1.165, 1.54) is 56.9 Å². The van der Waals surface area contributed by atoms with Gasteiger partial charge in [-0.05, 0) is 124 Å². The third-order valence-corrected chi connectivity index (χ3v) is 10.9. The van der Waals surface area contributed by atoms with Gasteiger partial charge in [0.2, 0.25) is 0 Å². The molecule has 1 unspecified atom stereocenters. The molecule has 0 aliphatic heterocycles. The molecular formula is C28H46O. The van der Waals surface area contributed by atoms with Crippen molar-refractivity contribution in [1.82, 2.24) is 0 Å². The van der Waals surface area contributed by atoms with E-state index in [9.17, 15) is 5.11 Å². The molecule has 29 heavy (non-hydrogen) atoms. The third-order valence-electron chi connectivity index (χ3n) is 10.9. The Bertz CT molecular complexity index is 649. The number of allylic oxidation sites excluding steroid dienone is 2. The van der Waals surface area contributed by atoms with Crippen LogP contribution in [-0.4, -0.2) is 11.2 Å². The molecule has 0 aromatic rings. The van der Waals surface area contributed by atoms with Crippen molar-refractivity contribution >= 4 is 0 Å². The molecule has 4 aliphatic carbocycles. The lowest BCUT2D eigenvalue weighted by molar-refractivity contribution is -0.129. The Labute approximate surface area is 180 Å². The van der Waals surface area contributed by atoms with E-state index in [4.69, 9.17) is 0 Å². The predicted octanol–water partition coefficient (Wildman–Crippen LogP) is 7.55. The molecule has 0 aromatic carbocycles. The molecule has 0 bridgehead atoms. The summed E-state index contributed by atoms with van der Waals surface area (Å²) in [4.78, 5) is 0. The zero-order valence-electron chi connectivity index (χ0n) is 19.7. The Morgan fingerprint density at radius 2 is 1.66 bits per heavy atom. The van der Waals surface area contributed by atoms with Gasteiger partial charge >= 0.3 is 0 Å². The molecule has 4 rings (SSSR count). The van der Waals surface area contributed by atoms with Gasteiger partial charge in [0.15, 0.2) is 0 Å². The van der Waals surface area contributed by atoms with Gasteiger partial charge in [0.25, 0.3) is 0 Å². The molecule has 0 radical (unpaired) electrons. The molecule has 4 saturated carbocycles. The van der Waals surface area contributed by atoms with Gasteiger partial charge in [0.05, 0.1) is 6.10 Å². The second-order valence-electron chi connectivity index (χ2n) is 12.2. The smallest absolute Gasteiger partial charge is 0.0543 e. The Kier molecular flexibility index (Phi) is 5.86. The van der Waals surface area contributed by atoms with Crippen LogP contribution in [0.1, 0.15) is 98.3 Å². The lowest BCUT2D eigenvalue weighted by Crippen LogP contribution is -2.54. The molecule has 1 nitrogen and oxygen atoms in total. The number of hydrogen-bond donors (Lipinski definition) is 1. The van der Waals surface area contributed by atoms with E-state index in [-0.39, 0.29) is 6.10 Å². The van der Waals surface area contributed by atoms with Crippen molar-refractivity contribution < 1.29 is 5.11 Å². The van der Waals surface area contributed by atoms with Crippen LogP contribution in [0.5, 0.6) is 0 Å². The molecule has 0 aromatic heterocycles. The predicted molar refractivity (Wildman–Crippen MR) is 124 cm³/mol. The molecule has 0 heterocycles. The number of fused-ring (bicyclic) bond motifs is 5. The fourth-order valence-corrected chi connectivity index (χ4v) is 9.03. The molecule has 4 aliphatic rings. The maximum Gasteiger partial charge on any atom is 0.0543 e. The van der Waals surface area contributed by atoms with Gasteiger partial charge in [-0.15, -0.1) is 0 Å². The monoisotopic (exact) mass is 398 g/mol. The van der Waals surface area contributed by atoms with E-state index in [0.29, 0.717) is 10.8 Å². The van der Waals surface area contributed by atoms with Gasteiger partial charge in [-0.2, -0.15) is 0 Å². The normalized spacial score (nSPS) is 47.6. The van der Waals surface area contributed by atoms with Crippen LogP contribution in [-0.2, 0) is 0 Å². The maximum atomic E-state index is 10.3. The van der Waals surface area contributed by atoms with Crippen molar-refractivity contribution in [2.45, 2.75) is 104 Å². The Morgan fingerprint density at radius 3 is 2.38 bits per heavy atom. The minimum absolute atomic E-state index is 0.0239. The molecular weight excluding hydrogens is 352 g/mol. The van der Waals surface area contributed by atoms with Crippen molar-refractivity contribution in [2.75, 3.05) is 0 Å². The number of aliphatic hydroxyl groups excluding tert-OH is 1. The minimum Gasteiger partial charge on any atom is -0.393 e. The van der Waals surface area contributed by atoms with E-state index in [1.54, 1.807) is 0 Å². The van der Waals surface area contributed by atoms with Crippen LogP contribution >= 0.6 is 0 Å². The molecule has 4 fully saturated rings. The first kappa shape index (κ1) is 21.7. The zero-order valence-corrected chi connectivity index (χ0v) is 19.7. The van der Waals surface area contributed by atoms with Gasteiger partial charge in [-0.3, -0.25) is 0 Å². The van der Waals surface area contributed by atoms with Crippen LogP contribution in [0.2, 0.25) is 0 Å². The van der Waals surface area contributed by atoms with E-state index in [1.807, 2.05) is 0 Å². The molecule has 1 N–H and O–H groups in total. The van der Waals surface area contributed by atoms with Gasteiger partial charge < -0.3 is 5.11 Å². The van der Waals surface area contributed by atoms with Crippen molar-refractivity contribution in [1.29, 1.82) is 0 Å². The lowest BCUT2D eigenvalue weighted by Gasteiger charge is -2.61. The number of aliphatic hydroxyl groups is 1. The maximum absolute atomic E-state index is 10.3. The first-order valence-electron chi connectivity index (χ1n) is 12.7. The van der Waals surface area contributed by atoms with Crippen LogP contribution in [0.25, 0.3) is 0 Å². The average molecular weight is 399 g/mol. The van der Waals surface area contributed by atoms with E-state index in [2.05, 4.69) is 40.9 Å². The summed E-state index contributed by atoms with van der Waals surface area (Å²) in [7, 11) is 0. The average Bonchev–Trinajstić information content (AvgIpc) is 3.03. The first-order valence-corrected chi connectivity index (χ1v) is 12.7. The van der Waals surface area contributed by atoms with Crippen LogP contribution in [0.3, 0.4) is 0 Å². The number of rotatable bonds is 5. The summed E-state index contributed by atoms with van der Waals surface area (Å²) in [5.74, 6) is 5.29. The second-order valence-corrected chi connectivity index (χ2v) is 12.2. The fourth-order valence-electron chi connectivity index (χ4n) is 9.03. The lowest BCUT2D eigenvalue weighted by atomic mass is 9.44. The quantitative estimate of drug-likeness (QED) is 0.474. The Morgan fingerprint density at radius 1 is 0.966 bits per heavy atom. The summed E-state index contributed by atoms with van der Waals surface area (Å²) in [5, 5.41) is 10.3. The van der Waals surface area contributed by atoms with Crippen LogP contribution in [0, 0.1) is 46.3 Å². The highest BCUT2D eigenvalue weighted by molar-refractivity contribution is 5.22. The van der Waals surface area contributed by atoms with E-state index < -0.39 is 0 Å². The van der Waals surface area contributed by atoms with Crippen LogP contribution in [0.4, 0.5) is 0 Å². The van der Waals surface area contributed by atoms with Crippen molar-refractivity contribution in [3.63, 3.8) is 0 Å². The molecule has 164 valence electrons. The highest BCUT2D eigenvalue weighted by Gasteiger charge is 2.60. The summed E-state index contributed by atoms with van der Waals surface area (Å²) in [5.41, 5.74) is 3.48. The second kappa shape index (κ2) is 7.85. The van der Waals surface area contributed by atoms with Crippen molar-refractivity contribution in [3.05, 3.63) is 24.3 Å². The third kappa shape index (κ3) is 3.58. The van der Waals surface area contributed by atoms with E-state index in [0.717, 1.165) is 60.3 Å². The highest BCUT2D eigenvalue weighted by atomic mass is 16.3. The van der Waals surface area contributed by atoms with E-state index >= 15 is 0 Å². The SMILES string of the molecule is C=C(C)C(=C)CC[C@@H](C)[C@H]1CC[C@H]2[C@@H]3CCC4C[C@@H](O)CC[C@]4(C)[C@H]3CC[C@]12C. The molecule has 1 heteroatoms.